The van der Waals surface area contributed by atoms with Gasteiger partial charge in [-0.25, -0.2) is 9.97 Å². The van der Waals surface area contributed by atoms with Crippen molar-refractivity contribution in [3.63, 3.8) is 0 Å². The number of ether oxygens (including phenoxy) is 2. The second-order valence-corrected chi connectivity index (χ2v) is 16.4. The number of aromatic nitrogens is 4. The first-order valence-electron chi connectivity index (χ1n) is 20.3. The number of rotatable bonds is 16. The number of halogens is 2. The van der Waals surface area contributed by atoms with E-state index in [0.29, 0.717) is 25.0 Å². The van der Waals surface area contributed by atoms with Crippen molar-refractivity contribution in [3.05, 3.63) is 105 Å². The van der Waals surface area contributed by atoms with Crippen LogP contribution in [0.4, 0.5) is 0 Å². The van der Waals surface area contributed by atoms with Crippen molar-refractivity contribution in [1.29, 1.82) is 0 Å². The number of H-pyrrole nitrogens is 2. The molecule has 3 aromatic heterocycles. The monoisotopic (exact) mass is 874 g/mol. The fourth-order valence-electron chi connectivity index (χ4n) is 7.51. The molecule has 8 bridgehead atoms. The van der Waals surface area contributed by atoms with Crippen molar-refractivity contribution in [3.8, 4) is 33.8 Å². The number of hydrogen-bond donors (Lipinski definition) is 2. The number of fused-ring (bicyclic) bond motifs is 8. The molecule has 290 valence electrons. The molecule has 7 rings (SSSR count). The Labute approximate surface area is 348 Å². The molecule has 0 spiro atoms. The van der Waals surface area contributed by atoms with E-state index < -0.39 is 0 Å². The van der Waals surface area contributed by atoms with Gasteiger partial charge in [0.05, 0.1) is 56.0 Å². The van der Waals surface area contributed by atoms with Crippen LogP contribution in [0.15, 0.2) is 81.7 Å². The maximum absolute atomic E-state index is 6.64. The number of nitrogens with one attached hydrogen (secondary N) is 2. The van der Waals surface area contributed by atoms with Crippen LogP contribution in [0, 0.1) is 11.8 Å². The van der Waals surface area contributed by atoms with E-state index in [1.165, 1.54) is 38.5 Å². The van der Waals surface area contributed by atoms with Gasteiger partial charge in [0.1, 0.15) is 11.5 Å². The summed E-state index contributed by atoms with van der Waals surface area (Å²) in [7, 11) is 0. The summed E-state index contributed by atoms with van der Waals surface area (Å²) in [6.45, 7) is 10.4. The summed E-state index contributed by atoms with van der Waals surface area (Å²) in [6, 6.07) is 25.1. The summed E-state index contributed by atoms with van der Waals surface area (Å²) in [5, 5.41) is 0. The lowest BCUT2D eigenvalue weighted by atomic mass is 10.00. The first-order valence-corrected chi connectivity index (χ1v) is 21.9. The molecular formula is C48H52Br2N4O2. The second-order valence-electron chi connectivity index (χ2n) is 14.8. The van der Waals surface area contributed by atoms with Crippen molar-refractivity contribution >= 4 is 78.2 Å². The quantitative estimate of drug-likeness (QED) is 0.101. The van der Waals surface area contributed by atoms with E-state index in [1.54, 1.807) is 0 Å². The molecule has 2 aliphatic rings. The number of unbranched alkanes of at least 4 members (excludes halogenated alkanes) is 2. The molecule has 8 heteroatoms. The van der Waals surface area contributed by atoms with E-state index in [4.69, 9.17) is 19.4 Å². The lowest BCUT2D eigenvalue weighted by Gasteiger charge is -2.18. The Hall–Kier alpha value is -4.40. The lowest BCUT2D eigenvalue weighted by Crippen LogP contribution is -2.11. The molecule has 0 amide bonds. The molecule has 2 unspecified atom stereocenters. The Morgan fingerprint density at radius 2 is 0.911 bits per heavy atom. The van der Waals surface area contributed by atoms with Gasteiger partial charge in [0.2, 0.25) is 0 Å². The smallest absolute Gasteiger partial charge is 0.127 e. The topological polar surface area (TPSA) is 75.8 Å². The molecule has 0 aliphatic carbocycles. The van der Waals surface area contributed by atoms with E-state index in [-0.39, 0.29) is 0 Å². The minimum absolute atomic E-state index is 0.511. The van der Waals surface area contributed by atoms with Crippen LogP contribution < -0.4 is 9.47 Å². The fraction of sp³-hybridized carbons (Fsp3) is 0.333. The van der Waals surface area contributed by atoms with E-state index in [2.05, 4.69) is 154 Å². The van der Waals surface area contributed by atoms with Gasteiger partial charge in [-0.05, 0) is 117 Å². The molecule has 2 aromatic carbocycles. The van der Waals surface area contributed by atoms with Crippen LogP contribution >= 0.6 is 31.9 Å². The third-order valence-electron chi connectivity index (χ3n) is 11.0. The number of aromatic amines is 2. The molecule has 0 fully saturated rings. The SMILES string of the molecule is CCCCC(CC)COc1ccccc1-c1c2nc(c(Br)c3ccc([nH]3)c(-c3ccccc3OCC(CC)CCCC)c3nc(c(Br)c4ccc1[nH]4)C=C3)C=C2. The van der Waals surface area contributed by atoms with Gasteiger partial charge in [-0.15, -0.1) is 0 Å². The summed E-state index contributed by atoms with van der Waals surface area (Å²) in [6.07, 6.45) is 17.7. The molecule has 0 radical (unpaired) electrons. The van der Waals surface area contributed by atoms with E-state index >= 15 is 0 Å². The Morgan fingerprint density at radius 3 is 1.32 bits per heavy atom. The number of benzene rings is 2. The average Bonchev–Trinajstić information content (AvgIpc) is 4.07. The zero-order valence-electron chi connectivity index (χ0n) is 32.9. The van der Waals surface area contributed by atoms with Gasteiger partial charge in [0, 0.05) is 33.3 Å². The van der Waals surface area contributed by atoms with Crippen LogP contribution in [0.2, 0.25) is 0 Å². The van der Waals surface area contributed by atoms with Crippen molar-refractivity contribution in [2.75, 3.05) is 13.2 Å². The highest BCUT2D eigenvalue weighted by atomic mass is 79.9. The molecule has 5 heterocycles. The fourth-order valence-corrected chi connectivity index (χ4v) is 8.42. The summed E-state index contributed by atoms with van der Waals surface area (Å²) < 4.78 is 15.0. The van der Waals surface area contributed by atoms with E-state index in [0.717, 1.165) is 100 Å². The predicted octanol–water partition coefficient (Wildman–Crippen LogP) is 14.7. The standard InChI is InChI=1S/C48H52Br2N4O2/c1-5-9-15-31(7-3)29-55-43-19-13-11-17-33(43)45-35-21-25-39(51-35)47(49)41-27-23-37(53-41)46(38-24-28-42(54-38)48(50)40-26-22-36(45)52-40)34-18-12-14-20-44(34)56-30-32(8-4)16-10-6-2/h11-14,17-28,31-32,51,54H,5-10,15-16,29-30H2,1-4H3. The maximum Gasteiger partial charge on any atom is 0.127 e. The molecule has 6 nitrogen and oxygen atoms in total. The zero-order chi connectivity index (χ0) is 39.0. The molecule has 0 saturated carbocycles. The third kappa shape index (κ3) is 8.77. The highest BCUT2D eigenvalue weighted by Gasteiger charge is 2.20. The van der Waals surface area contributed by atoms with Gasteiger partial charge >= 0.3 is 0 Å². The van der Waals surface area contributed by atoms with Crippen molar-refractivity contribution < 1.29 is 9.47 Å². The normalized spacial score (nSPS) is 13.2. The second kappa shape index (κ2) is 18.7. The van der Waals surface area contributed by atoms with Gasteiger partial charge < -0.3 is 19.4 Å². The Kier molecular flexibility index (Phi) is 13.3. The minimum atomic E-state index is 0.511. The molecule has 2 atom stereocenters. The van der Waals surface area contributed by atoms with Crippen molar-refractivity contribution in [1.82, 2.24) is 19.9 Å². The molecule has 2 N–H and O–H groups in total. The summed E-state index contributed by atoms with van der Waals surface area (Å²) >= 11 is 7.89. The van der Waals surface area contributed by atoms with E-state index in [9.17, 15) is 0 Å². The van der Waals surface area contributed by atoms with Crippen LogP contribution in [0.25, 0.3) is 68.6 Å². The third-order valence-corrected chi connectivity index (χ3v) is 12.6. The Bertz CT molecular complexity index is 2220. The van der Waals surface area contributed by atoms with Gasteiger partial charge in [-0.2, -0.15) is 0 Å². The number of para-hydroxylation sites is 2. The van der Waals surface area contributed by atoms with Gasteiger partial charge in [0.25, 0.3) is 0 Å². The summed E-state index contributed by atoms with van der Waals surface area (Å²) in [4.78, 5) is 18.0. The van der Waals surface area contributed by atoms with Gasteiger partial charge in [-0.3, -0.25) is 0 Å². The molecule has 2 aliphatic heterocycles. The van der Waals surface area contributed by atoms with Crippen LogP contribution in [-0.2, 0) is 0 Å². The van der Waals surface area contributed by atoms with Crippen molar-refractivity contribution in [2.45, 2.75) is 79.1 Å². The summed E-state index contributed by atoms with van der Waals surface area (Å²) in [5.41, 5.74) is 11.0. The lowest BCUT2D eigenvalue weighted by molar-refractivity contribution is 0.234. The van der Waals surface area contributed by atoms with Crippen LogP contribution in [0.1, 0.15) is 102 Å². The Balaban J connectivity index is 1.41. The number of nitrogens with zero attached hydrogens (tertiary/aromatic N) is 2. The van der Waals surface area contributed by atoms with Gasteiger partial charge in [-0.1, -0.05) is 103 Å². The molecule has 56 heavy (non-hydrogen) atoms. The first kappa shape index (κ1) is 39.8. The zero-order valence-corrected chi connectivity index (χ0v) is 36.1. The summed E-state index contributed by atoms with van der Waals surface area (Å²) in [5.74, 6) is 2.73. The maximum atomic E-state index is 6.64. The predicted molar refractivity (Wildman–Crippen MR) is 243 cm³/mol. The highest BCUT2D eigenvalue weighted by molar-refractivity contribution is 9.11. The van der Waals surface area contributed by atoms with Crippen LogP contribution in [0.3, 0.4) is 0 Å². The molecule has 5 aromatic rings. The van der Waals surface area contributed by atoms with E-state index in [1.807, 2.05) is 12.1 Å². The Morgan fingerprint density at radius 1 is 0.518 bits per heavy atom. The molecule has 0 saturated heterocycles. The minimum Gasteiger partial charge on any atom is -0.493 e. The first-order chi connectivity index (χ1) is 27.4. The molecular weight excluding hydrogens is 824 g/mol. The van der Waals surface area contributed by atoms with Crippen LogP contribution in [0.5, 0.6) is 11.5 Å². The largest absolute Gasteiger partial charge is 0.493 e. The van der Waals surface area contributed by atoms with Gasteiger partial charge in [0.15, 0.2) is 0 Å². The average molecular weight is 877 g/mol. The highest BCUT2D eigenvalue weighted by Crippen LogP contribution is 2.40. The number of hydrogen-bond acceptors (Lipinski definition) is 4. The van der Waals surface area contributed by atoms with Crippen molar-refractivity contribution in [2.24, 2.45) is 11.8 Å². The van der Waals surface area contributed by atoms with Crippen LogP contribution in [-0.4, -0.2) is 33.1 Å².